The van der Waals surface area contributed by atoms with Crippen LogP contribution < -0.4 is 0 Å². The number of benzene rings is 1. The highest BCUT2D eigenvalue weighted by Crippen LogP contribution is 2.07. The van der Waals surface area contributed by atoms with E-state index >= 15 is 0 Å². The Morgan fingerprint density at radius 1 is 1.50 bits per heavy atom. The number of ether oxygens (including phenoxy) is 1. The Hall–Kier alpha value is -1.89. The van der Waals surface area contributed by atoms with Crippen molar-refractivity contribution in [3.05, 3.63) is 35.6 Å². The van der Waals surface area contributed by atoms with Crippen molar-refractivity contribution >= 4 is 5.97 Å². The van der Waals surface area contributed by atoms with Crippen LogP contribution in [0, 0.1) is 17.1 Å². The second kappa shape index (κ2) is 4.97. The van der Waals surface area contributed by atoms with Gasteiger partial charge >= 0.3 is 5.97 Å². The van der Waals surface area contributed by atoms with E-state index < -0.39 is 11.8 Å². The highest BCUT2D eigenvalue weighted by atomic mass is 19.1. The summed E-state index contributed by atoms with van der Waals surface area (Å²) in [5.41, 5.74) is 0.304. The van der Waals surface area contributed by atoms with Crippen LogP contribution in [0.4, 0.5) is 4.39 Å². The molecule has 4 heteroatoms. The van der Waals surface area contributed by atoms with Gasteiger partial charge in [-0.2, -0.15) is 5.26 Å². The molecule has 0 aliphatic rings. The van der Waals surface area contributed by atoms with E-state index in [1.807, 2.05) is 0 Å². The predicted molar refractivity (Wildman–Crippen MR) is 46.4 cm³/mol. The molecule has 0 aromatic heterocycles. The molecule has 0 atom stereocenters. The van der Waals surface area contributed by atoms with Crippen molar-refractivity contribution < 1.29 is 13.9 Å². The van der Waals surface area contributed by atoms with Crippen molar-refractivity contribution in [3.63, 3.8) is 0 Å². The van der Waals surface area contributed by atoms with Crippen LogP contribution in [0.2, 0.25) is 0 Å². The molecule has 0 radical (unpaired) electrons. The van der Waals surface area contributed by atoms with Crippen LogP contribution in [0.3, 0.4) is 0 Å². The minimum atomic E-state index is -0.643. The van der Waals surface area contributed by atoms with Gasteiger partial charge in [-0.05, 0) is 6.07 Å². The molecule has 0 amide bonds. The zero-order chi connectivity index (χ0) is 10.4. The highest BCUT2D eigenvalue weighted by Gasteiger charge is 2.04. The molecule has 72 valence electrons. The SMILES string of the molecule is N#CCC(=O)OCc1ccccc1F. The minimum absolute atomic E-state index is 0.132. The Balaban J connectivity index is 2.51. The van der Waals surface area contributed by atoms with Gasteiger partial charge in [0.2, 0.25) is 0 Å². The lowest BCUT2D eigenvalue weighted by Crippen LogP contribution is -2.04. The van der Waals surface area contributed by atoms with E-state index in [9.17, 15) is 9.18 Å². The molecule has 0 N–H and O–H groups in total. The summed E-state index contributed by atoms with van der Waals surface area (Å²) in [5.74, 6) is -1.06. The third-order valence-corrected chi connectivity index (χ3v) is 1.57. The quantitative estimate of drug-likeness (QED) is 0.687. The largest absolute Gasteiger partial charge is 0.460 e. The average Bonchev–Trinajstić information content (AvgIpc) is 2.17. The van der Waals surface area contributed by atoms with E-state index in [0.717, 1.165) is 0 Å². The smallest absolute Gasteiger partial charge is 0.320 e. The van der Waals surface area contributed by atoms with Crippen molar-refractivity contribution in [1.29, 1.82) is 5.26 Å². The minimum Gasteiger partial charge on any atom is -0.460 e. The Morgan fingerprint density at radius 2 is 2.21 bits per heavy atom. The number of hydrogen-bond donors (Lipinski definition) is 0. The molecule has 0 unspecified atom stereocenters. The van der Waals surface area contributed by atoms with E-state index in [1.165, 1.54) is 12.1 Å². The van der Waals surface area contributed by atoms with Crippen LogP contribution in [0.15, 0.2) is 24.3 Å². The lowest BCUT2D eigenvalue weighted by atomic mass is 10.2. The Labute approximate surface area is 80.7 Å². The molecule has 0 spiro atoms. The van der Waals surface area contributed by atoms with Gasteiger partial charge in [0.1, 0.15) is 18.8 Å². The number of nitriles is 1. The number of hydrogen-bond acceptors (Lipinski definition) is 3. The fourth-order valence-electron chi connectivity index (χ4n) is 0.889. The molecule has 1 aromatic rings. The lowest BCUT2D eigenvalue weighted by Gasteiger charge is -2.03. The first-order valence-electron chi connectivity index (χ1n) is 4.00. The lowest BCUT2D eigenvalue weighted by molar-refractivity contribution is -0.143. The van der Waals surface area contributed by atoms with Gasteiger partial charge in [-0.25, -0.2) is 4.39 Å². The van der Waals surface area contributed by atoms with Crippen LogP contribution in [0.5, 0.6) is 0 Å². The topological polar surface area (TPSA) is 50.1 Å². The van der Waals surface area contributed by atoms with E-state index in [0.29, 0.717) is 5.56 Å². The second-order valence-electron chi connectivity index (χ2n) is 2.59. The maximum atomic E-state index is 13.0. The summed E-state index contributed by atoms with van der Waals surface area (Å²) in [6, 6.07) is 7.66. The molecule has 3 nitrogen and oxygen atoms in total. The van der Waals surface area contributed by atoms with Crippen molar-refractivity contribution in [1.82, 2.24) is 0 Å². The standard InChI is InChI=1S/C10H8FNO2/c11-9-4-2-1-3-8(9)7-14-10(13)5-6-12/h1-4H,5,7H2. The first kappa shape index (κ1) is 10.2. The normalized spacial score (nSPS) is 9.14. The molecule has 0 saturated carbocycles. The molecule has 0 aliphatic carbocycles. The van der Waals surface area contributed by atoms with E-state index in [1.54, 1.807) is 18.2 Å². The monoisotopic (exact) mass is 193 g/mol. The zero-order valence-electron chi connectivity index (χ0n) is 7.37. The van der Waals surface area contributed by atoms with Gasteiger partial charge in [0.05, 0.1) is 6.07 Å². The van der Waals surface area contributed by atoms with Crippen LogP contribution in [0.1, 0.15) is 12.0 Å². The molecule has 14 heavy (non-hydrogen) atoms. The molecule has 1 rings (SSSR count). The van der Waals surface area contributed by atoms with E-state index in [4.69, 9.17) is 5.26 Å². The van der Waals surface area contributed by atoms with Crippen LogP contribution in [-0.4, -0.2) is 5.97 Å². The Morgan fingerprint density at radius 3 is 2.86 bits per heavy atom. The van der Waals surface area contributed by atoms with Crippen molar-refractivity contribution in [2.75, 3.05) is 0 Å². The van der Waals surface area contributed by atoms with E-state index in [2.05, 4.69) is 4.74 Å². The zero-order valence-corrected chi connectivity index (χ0v) is 7.37. The predicted octanol–water partition coefficient (Wildman–Crippen LogP) is 1.78. The molecule has 0 fully saturated rings. The molecular formula is C10H8FNO2. The summed E-state index contributed by atoms with van der Waals surface area (Å²) in [6.07, 6.45) is -0.311. The van der Waals surface area contributed by atoms with E-state index in [-0.39, 0.29) is 13.0 Å². The van der Waals surface area contributed by atoms with Gasteiger partial charge in [0.15, 0.2) is 0 Å². The fraction of sp³-hybridized carbons (Fsp3) is 0.200. The van der Waals surface area contributed by atoms with Gasteiger partial charge in [-0.15, -0.1) is 0 Å². The number of rotatable bonds is 3. The summed E-state index contributed by atoms with van der Waals surface area (Å²) < 4.78 is 17.6. The van der Waals surface area contributed by atoms with Crippen LogP contribution in [0.25, 0.3) is 0 Å². The fourth-order valence-corrected chi connectivity index (χ4v) is 0.889. The maximum absolute atomic E-state index is 13.0. The summed E-state index contributed by atoms with van der Waals surface area (Å²) in [7, 11) is 0. The maximum Gasteiger partial charge on any atom is 0.320 e. The number of nitrogens with zero attached hydrogens (tertiary/aromatic N) is 1. The third-order valence-electron chi connectivity index (χ3n) is 1.57. The first-order chi connectivity index (χ1) is 6.74. The van der Waals surface area contributed by atoms with Gasteiger partial charge in [-0.1, -0.05) is 18.2 Å². The number of carbonyl (C=O) groups excluding carboxylic acids is 1. The number of esters is 1. The van der Waals surface area contributed by atoms with Gasteiger partial charge < -0.3 is 4.74 Å². The van der Waals surface area contributed by atoms with Crippen LogP contribution >= 0.6 is 0 Å². The molecule has 0 bridgehead atoms. The molecule has 0 saturated heterocycles. The van der Waals surface area contributed by atoms with Gasteiger partial charge in [-0.3, -0.25) is 4.79 Å². The number of carbonyl (C=O) groups is 1. The summed E-state index contributed by atoms with van der Waals surface area (Å²) >= 11 is 0. The van der Waals surface area contributed by atoms with Crippen molar-refractivity contribution in [2.24, 2.45) is 0 Å². The van der Waals surface area contributed by atoms with Gasteiger partial charge in [0, 0.05) is 5.56 Å². The van der Waals surface area contributed by atoms with Crippen molar-refractivity contribution in [3.8, 4) is 6.07 Å². The summed E-state index contributed by atoms with van der Waals surface area (Å²) in [5, 5.41) is 8.16. The highest BCUT2D eigenvalue weighted by molar-refractivity contribution is 5.71. The molecule has 1 aromatic carbocycles. The Bertz CT molecular complexity index is 371. The molecular weight excluding hydrogens is 185 g/mol. The van der Waals surface area contributed by atoms with Crippen LogP contribution in [-0.2, 0) is 16.1 Å². The van der Waals surface area contributed by atoms with Gasteiger partial charge in [0.25, 0.3) is 0 Å². The average molecular weight is 193 g/mol. The summed E-state index contributed by atoms with van der Waals surface area (Å²) in [4.78, 5) is 10.8. The first-order valence-corrected chi connectivity index (χ1v) is 4.00. The Kier molecular flexibility index (Phi) is 3.62. The second-order valence-corrected chi connectivity index (χ2v) is 2.59. The van der Waals surface area contributed by atoms with Crippen molar-refractivity contribution in [2.45, 2.75) is 13.0 Å². The third kappa shape index (κ3) is 2.87. The molecule has 0 aliphatic heterocycles. The summed E-state index contributed by atoms with van der Waals surface area (Å²) in [6.45, 7) is -0.132. The number of halogens is 1. The molecule has 0 heterocycles.